The third-order valence-corrected chi connectivity index (χ3v) is 10.2. The predicted octanol–water partition coefficient (Wildman–Crippen LogP) is 7.85. The van der Waals surface area contributed by atoms with Gasteiger partial charge < -0.3 is 4.90 Å². The van der Waals surface area contributed by atoms with Crippen molar-refractivity contribution in [1.29, 1.82) is 0 Å². The second kappa shape index (κ2) is 14.3. The molecule has 0 spiro atoms. The summed E-state index contributed by atoms with van der Waals surface area (Å²) in [6.45, 7) is 3.88. The predicted molar refractivity (Wildman–Crippen MR) is 178 cm³/mol. The van der Waals surface area contributed by atoms with Crippen LogP contribution in [0.3, 0.4) is 0 Å². The molecule has 1 heterocycles. The number of fused-ring (bicyclic) bond motifs is 1. The zero-order valence-corrected chi connectivity index (χ0v) is 26.8. The number of unbranched alkanes of at least 4 members (excludes halogenated alkanes) is 2. The smallest absolute Gasteiger partial charge is 0.320 e. The minimum absolute atomic E-state index is 0.0105. The molecule has 4 aromatic carbocycles. The third-order valence-electron chi connectivity index (χ3n) is 7.42. The van der Waals surface area contributed by atoms with Crippen molar-refractivity contribution in [2.75, 3.05) is 23.7 Å². The SMILES string of the molecule is CCCCCN(Cc1ccc(-c2ccccc2S(=O)(=O)NC(=O)c2ccccc2Cl)cc1)C(=O)N1CCSc2ccccc21. The minimum atomic E-state index is -4.21. The van der Waals surface area contributed by atoms with Gasteiger partial charge in [0, 0.05) is 35.8 Å². The van der Waals surface area contributed by atoms with Gasteiger partial charge in [0.15, 0.2) is 0 Å². The Morgan fingerprint density at radius 2 is 1.61 bits per heavy atom. The van der Waals surface area contributed by atoms with Crippen molar-refractivity contribution in [1.82, 2.24) is 9.62 Å². The normalized spacial score (nSPS) is 12.8. The summed E-state index contributed by atoms with van der Waals surface area (Å²) in [6, 6.07) is 28.4. The molecule has 44 heavy (non-hydrogen) atoms. The standard InChI is InChI=1S/C34H34ClN3O4S2/c1-2-3-10-21-37(34(40)38-22-23-43-31-15-8-7-14-30(31)38)24-25-17-19-26(20-18-25)27-11-5-9-16-32(27)44(41,42)36-33(39)28-12-4-6-13-29(28)35/h4-9,11-20H,2-3,10,21-24H2,1H3,(H,36,39). The molecule has 0 fully saturated rings. The van der Waals surface area contributed by atoms with Crippen LogP contribution in [-0.2, 0) is 16.6 Å². The molecular formula is C34H34ClN3O4S2. The first kappa shape index (κ1) is 31.6. The van der Waals surface area contributed by atoms with Gasteiger partial charge in [0.2, 0.25) is 0 Å². The van der Waals surface area contributed by atoms with E-state index in [0.29, 0.717) is 30.8 Å². The van der Waals surface area contributed by atoms with Gasteiger partial charge in [-0.15, -0.1) is 11.8 Å². The van der Waals surface area contributed by atoms with Crippen LogP contribution in [0.25, 0.3) is 11.1 Å². The molecule has 0 radical (unpaired) electrons. The highest BCUT2D eigenvalue weighted by molar-refractivity contribution is 7.99. The summed E-state index contributed by atoms with van der Waals surface area (Å²) in [4.78, 5) is 31.5. The summed E-state index contributed by atoms with van der Waals surface area (Å²) in [5, 5.41) is 0.162. The van der Waals surface area contributed by atoms with Gasteiger partial charge in [-0.2, -0.15) is 0 Å². The van der Waals surface area contributed by atoms with Crippen LogP contribution >= 0.6 is 23.4 Å². The maximum absolute atomic E-state index is 13.8. The first-order valence-electron chi connectivity index (χ1n) is 14.6. The number of rotatable bonds is 10. The van der Waals surface area contributed by atoms with Crippen molar-refractivity contribution in [3.8, 4) is 11.1 Å². The maximum Gasteiger partial charge on any atom is 0.324 e. The van der Waals surface area contributed by atoms with Crippen molar-refractivity contribution in [3.05, 3.63) is 113 Å². The van der Waals surface area contributed by atoms with Gasteiger partial charge in [0.1, 0.15) is 0 Å². The number of hydrogen-bond donors (Lipinski definition) is 1. The van der Waals surface area contributed by atoms with Crippen LogP contribution in [0.2, 0.25) is 5.02 Å². The van der Waals surface area contributed by atoms with E-state index in [1.54, 1.807) is 42.1 Å². The lowest BCUT2D eigenvalue weighted by Crippen LogP contribution is -2.45. The Morgan fingerprint density at radius 1 is 0.909 bits per heavy atom. The topological polar surface area (TPSA) is 86.8 Å². The van der Waals surface area contributed by atoms with Crippen LogP contribution in [0.1, 0.15) is 42.1 Å². The summed E-state index contributed by atoms with van der Waals surface area (Å²) in [5.41, 5.74) is 3.08. The van der Waals surface area contributed by atoms with Gasteiger partial charge in [-0.1, -0.05) is 98.1 Å². The van der Waals surface area contributed by atoms with Crippen molar-refractivity contribution in [2.24, 2.45) is 0 Å². The molecule has 4 aromatic rings. The Balaban J connectivity index is 1.36. The number of amides is 3. The van der Waals surface area contributed by atoms with Gasteiger partial charge in [-0.05, 0) is 47.9 Å². The highest BCUT2D eigenvalue weighted by Crippen LogP contribution is 2.35. The van der Waals surface area contributed by atoms with E-state index in [-0.39, 0.29) is 21.5 Å². The second-order valence-electron chi connectivity index (χ2n) is 10.5. The first-order valence-corrected chi connectivity index (χ1v) is 17.4. The first-order chi connectivity index (χ1) is 21.3. The molecule has 0 bridgehead atoms. The van der Waals surface area contributed by atoms with Crippen molar-refractivity contribution >= 4 is 51.0 Å². The zero-order chi connectivity index (χ0) is 31.1. The average molecular weight is 648 g/mol. The monoisotopic (exact) mass is 647 g/mol. The molecule has 0 saturated heterocycles. The van der Waals surface area contributed by atoms with E-state index in [1.165, 1.54) is 18.2 Å². The lowest BCUT2D eigenvalue weighted by Gasteiger charge is -2.34. The summed E-state index contributed by atoms with van der Waals surface area (Å²) in [5.74, 6) is 0.0463. The number of nitrogens with zero attached hydrogens (tertiary/aromatic N) is 2. The van der Waals surface area contributed by atoms with Gasteiger partial charge in [0.25, 0.3) is 15.9 Å². The van der Waals surface area contributed by atoms with E-state index in [9.17, 15) is 18.0 Å². The molecule has 0 aliphatic carbocycles. The van der Waals surface area contributed by atoms with Crippen LogP contribution in [0.4, 0.5) is 10.5 Å². The van der Waals surface area contributed by atoms with Crippen LogP contribution in [0.15, 0.2) is 107 Å². The summed E-state index contributed by atoms with van der Waals surface area (Å²) in [6.07, 6.45) is 3.00. The number of nitrogens with one attached hydrogen (secondary N) is 1. The quantitative estimate of drug-likeness (QED) is 0.177. The van der Waals surface area contributed by atoms with Crippen LogP contribution < -0.4 is 9.62 Å². The highest BCUT2D eigenvalue weighted by Gasteiger charge is 2.27. The summed E-state index contributed by atoms with van der Waals surface area (Å²) >= 11 is 7.88. The van der Waals surface area contributed by atoms with Gasteiger partial charge in [-0.25, -0.2) is 17.9 Å². The number of thioether (sulfide) groups is 1. The molecule has 7 nitrogen and oxygen atoms in total. The molecule has 5 rings (SSSR count). The van der Waals surface area contributed by atoms with Crippen LogP contribution in [-0.4, -0.2) is 44.1 Å². The molecule has 10 heteroatoms. The molecule has 0 aromatic heterocycles. The van der Waals surface area contributed by atoms with E-state index < -0.39 is 15.9 Å². The Bertz CT molecular complexity index is 1750. The molecule has 1 aliphatic rings. The molecule has 0 unspecified atom stereocenters. The van der Waals surface area contributed by atoms with Crippen LogP contribution in [0.5, 0.6) is 0 Å². The van der Waals surface area contributed by atoms with E-state index in [0.717, 1.165) is 41.2 Å². The molecular weight excluding hydrogens is 614 g/mol. The molecule has 3 amide bonds. The number of carbonyl (C=O) groups is 2. The fourth-order valence-electron chi connectivity index (χ4n) is 5.16. The number of carbonyl (C=O) groups excluding carboxylic acids is 2. The van der Waals surface area contributed by atoms with E-state index >= 15 is 0 Å². The number of urea groups is 1. The molecule has 0 saturated carbocycles. The molecule has 1 aliphatic heterocycles. The lowest BCUT2D eigenvalue weighted by atomic mass is 10.0. The largest absolute Gasteiger partial charge is 0.324 e. The maximum atomic E-state index is 13.8. The number of anilines is 1. The molecule has 1 N–H and O–H groups in total. The number of hydrogen-bond acceptors (Lipinski definition) is 5. The van der Waals surface area contributed by atoms with E-state index in [4.69, 9.17) is 11.6 Å². The van der Waals surface area contributed by atoms with Gasteiger partial charge >= 0.3 is 6.03 Å². The Kier molecular flexibility index (Phi) is 10.3. The fourth-order valence-corrected chi connectivity index (χ4v) is 7.57. The van der Waals surface area contributed by atoms with Crippen molar-refractivity contribution in [3.63, 3.8) is 0 Å². The molecule has 228 valence electrons. The molecule has 0 atom stereocenters. The number of benzene rings is 4. The number of halogens is 1. The van der Waals surface area contributed by atoms with Gasteiger partial charge in [-0.3, -0.25) is 9.69 Å². The third kappa shape index (κ3) is 7.29. The average Bonchev–Trinajstić information content (AvgIpc) is 3.04. The number of sulfonamides is 1. The zero-order valence-electron chi connectivity index (χ0n) is 24.4. The van der Waals surface area contributed by atoms with Crippen molar-refractivity contribution < 1.29 is 18.0 Å². The summed E-state index contributed by atoms with van der Waals surface area (Å²) < 4.78 is 28.8. The summed E-state index contributed by atoms with van der Waals surface area (Å²) in [7, 11) is -4.21. The number of para-hydroxylation sites is 1. The minimum Gasteiger partial charge on any atom is -0.320 e. The van der Waals surface area contributed by atoms with Gasteiger partial charge in [0.05, 0.1) is 21.2 Å². The van der Waals surface area contributed by atoms with E-state index in [2.05, 4.69) is 17.7 Å². The Morgan fingerprint density at radius 3 is 2.39 bits per heavy atom. The Hall–Kier alpha value is -3.79. The van der Waals surface area contributed by atoms with E-state index in [1.807, 2.05) is 52.3 Å². The fraction of sp³-hybridized carbons (Fsp3) is 0.235. The second-order valence-corrected chi connectivity index (χ2v) is 13.7. The highest BCUT2D eigenvalue weighted by atomic mass is 35.5. The van der Waals surface area contributed by atoms with Crippen LogP contribution in [0, 0.1) is 0 Å². The van der Waals surface area contributed by atoms with Crippen molar-refractivity contribution in [2.45, 2.75) is 42.5 Å². The Labute approximate surface area is 268 Å². The lowest BCUT2D eigenvalue weighted by molar-refractivity contribution is 0.0981.